The molecule has 0 amide bonds. The molecule has 0 bridgehead atoms. The number of hydrogen-bond acceptors (Lipinski definition) is 0. The minimum atomic E-state index is -0.290. The Morgan fingerprint density at radius 1 is 1.24 bits per heavy atom. The summed E-state index contributed by atoms with van der Waals surface area (Å²) in [4.78, 5) is 0. The van der Waals surface area contributed by atoms with Crippen LogP contribution in [0.1, 0.15) is 44.6 Å². The van der Waals surface area contributed by atoms with Gasteiger partial charge >= 0.3 is 0 Å². The number of rotatable bonds is 3. The molecule has 1 aliphatic rings. The fraction of sp³-hybridized carbons (Fsp3) is 0.600. The van der Waals surface area contributed by atoms with E-state index < -0.39 is 0 Å². The summed E-state index contributed by atoms with van der Waals surface area (Å²) in [5, 5.41) is 0.316. The number of halogens is 2. The Kier molecular flexibility index (Phi) is 4.44. The minimum Gasteiger partial charge on any atom is -0.205 e. The quantitative estimate of drug-likeness (QED) is 0.692. The zero-order valence-electron chi connectivity index (χ0n) is 10.4. The number of aryl methyl sites for hydroxylation is 1. The van der Waals surface area contributed by atoms with Gasteiger partial charge in [0.25, 0.3) is 0 Å². The molecule has 1 aromatic carbocycles. The summed E-state index contributed by atoms with van der Waals surface area (Å²) in [7, 11) is 0. The van der Waals surface area contributed by atoms with Crippen LogP contribution in [0.4, 0.5) is 4.39 Å². The third-order valence-electron chi connectivity index (χ3n) is 3.99. The normalized spacial score (nSPS) is 24.9. The third kappa shape index (κ3) is 3.45. The summed E-state index contributed by atoms with van der Waals surface area (Å²) in [6.45, 7) is 2.33. The van der Waals surface area contributed by atoms with Gasteiger partial charge in [-0.25, -0.2) is 4.39 Å². The standard InChI is InChI=1S/C15H20ClF/c1-11-5-7-12(8-6-11)9-10-13-3-2-4-14(17)15(13)16/h2-4,11-12H,5-10H2,1H3. The lowest BCUT2D eigenvalue weighted by molar-refractivity contribution is 0.277. The predicted molar refractivity (Wildman–Crippen MR) is 70.9 cm³/mol. The van der Waals surface area contributed by atoms with Crippen LogP contribution in [0.25, 0.3) is 0 Å². The highest BCUT2D eigenvalue weighted by atomic mass is 35.5. The largest absolute Gasteiger partial charge is 0.205 e. The molecule has 1 saturated carbocycles. The summed E-state index contributed by atoms with van der Waals surface area (Å²) in [5.41, 5.74) is 0.963. The lowest BCUT2D eigenvalue weighted by atomic mass is 9.80. The van der Waals surface area contributed by atoms with Crippen LogP contribution in [-0.4, -0.2) is 0 Å². The highest BCUT2D eigenvalue weighted by molar-refractivity contribution is 6.31. The Morgan fingerprint density at radius 3 is 2.65 bits per heavy atom. The maximum atomic E-state index is 13.3. The Labute approximate surface area is 108 Å². The summed E-state index contributed by atoms with van der Waals surface area (Å²) in [5.74, 6) is 1.41. The topological polar surface area (TPSA) is 0 Å². The average molecular weight is 255 g/mol. The van der Waals surface area contributed by atoms with Crippen molar-refractivity contribution in [1.82, 2.24) is 0 Å². The molecule has 2 rings (SSSR count). The second kappa shape index (κ2) is 5.86. The van der Waals surface area contributed by atoms with Crippen molar-refractivity contribution >= 4 is 11.6 Å². The molecule has 2 heteroatoms. The molecular weight excluding hydrogens is 235 g/mol. The van der Waals surface area contributed by atoms with Crippen LogP contribution in [0.15, 0.2) is 18.2 Å². The van der Waals surface area contributed by atoms with Gasteiger partial charge in [-0.3, -0.25) is 0 Å². The summed E-state index contributed by atoms with van der Waals surface area (Å²) in [6.07, 6.45) is 7.41. The molecular formula is C15H20ClF. The van der Waals surface area contributed by atoms with Crippen molar-refractivity contribution in [1.29, 1.82) is 0 Å². The van der Waals surface area contributed by atoms with E-state index in [0.29, 0.717) is 5.02 Å². The molecule has 0 saturated heterocycles. The Balaban J connectivity index is 1.87. The molecule has 0 heterocycles. The molecule has 0 aromatic heterocycles. The van der Waals surface area contributed by atoms with Crippen LogP contribution < -0.4 is 0 Å². The van der Waals surface area contributed by atoms with E-state index in [9.17, 15) is 4.39 Å². The van der Waals surface area contributed by atoms with Crippen LogP contribution in [0.2, 0.25) is 5.02 Å². The molecule has 0 aliphatic heterocycles. The van der Waals surface area contributed by atoms with E-state index in [-0.39, 0.29) is 5.82 Å². The summed E-state index contributed by atoms with van der Waals surface area (Å²) < 4.78 is 13.3. The van der Waals surface area contributed by atoms with Gasteiger partial charge in [0.05, 0.1) is 5.02 Å². The smallest absolute Gasteiger partial charge is 0.142 e. The van der Waals surface area contributed by atoms with Gasteiger partial charge in [0.2, 0.25) is 0 Å². The molecule has 0 unspecified atom stereocenters. The fourth-order valence-corrected chi connectivity index (χ4v) is 2.94. The van der Waals surface area contributed by atoms with Crippen LogP contribution in [-0.2, 0) is 6.42 Å². The van der Waals surface area contributed by atoms with E-state index in [0.717, 1.165) is 30.2 Å². The average Bonchev–Trinajstić information content (AvgIpc) is 2.33. The highest BCUT2D eigenvalue weighted by Gasteiger charge is 2.18. The Hall–Kier alpha value is -0.560. The zero-order chi connectivity index (χ0) is 12.3. The van der Waals surface area contributed by atoms with E-state index in [2.05, 4.69) is 6.92 Å². The van der Waals surface area contributed by atoms with Crippen LogP contribution in [0.3, 0.4) is 0 Å². The molecule has 0 N–H and O–H groups in total. The lowest BCUT2D eigenvalue weighted by Crippen LogP contribution is -2.13. The van der Waals surface area contributed by atoms with E-state index in [1.165, 1.54) is 31.7 Å². The molecule has 0 spiro atoms. The first-order valence-electron chi connectivity index (χ1n) is 6.59. The lowest BCUT2D eigenvalue weighted by Gasteiger charge is -2.26. The first-order chi connectivity index (χ1) is 8.16. The van der Waals surface area contributed by atoms with Gasteiger partial charge in [0.15, 0.2) is 0 Å². The molecule has 1 aliphatic carbocycles. The first kappa shape index (κ1) is 12.9. The van der Waals surface area contributed by atoms with E-state index >= 15 is 0 Å². The molecule has 0 radical (unpaired) electrons. The monoisotopic (exact) mass is 254 g/mol. The molecule has 0 nitrogen and oxygen atoms in total. The van der Waals surface area contributed by atoms with E-state index in [1.54, 1.807) is 6.07 Å². The van der Waals surface area contributed by atoms with Gasteiger partial charge in [-0.15, -0.1) is 0 Å². The SMILES string of the molecule is CC1CCC(CCc2cccc(F)c2Cl)CC1. The predicted octanol–water partition coefficient (Wildman–Crippen LogP) is 5.24. The molecule has 1 aromatic rings. The highest BCUT2D eigenvalue weighted by Crippen LogP contribution is 2.32. The summed E-state index contributed by atoms with van der Waals surface area (Å²) >= 11 is 5.96. The maximum absolute atomic E-state index is 13.3. The van der Waals surface area contributed by atoms with Crippen molar-refractivity contribution in [3.63, 3.8) is 0 Å². The fourth-order valence-electron chi connectivity index (χ4n) is 2.72. The second-order valence-corrected chi connectivity index (χ2v) is 5.76. The van der Waals surface area contributed by atoms with Gasteiger partial charge in [-0.1, -0.05) is 56.3 Å². The zero-order valence-corrected chi connectivity index (χ0v) is 11.1. The Bertz CT molecular complexity index is 367. The number of benzene rings is 1. The summed E-state index contributed by atoms with van der Waals surface area (Å²) in [6, 6.07) is 5.12. The minimum absolute atomic E-state index is 0.290. The van der Waals surface area contributed by atoms with Crippen molar-refractivity contribution in [3.8, 4) is 0 Å². The van der Waals surface area contributed by atoms with E-state index in [1.807, 2.05) is 6.07 Å². The molecule has 94 valence electrons. The van der Waals surface area contributed by atoms with Crippen molar-refractivity contribution in [2.24, 2.45) is 11.8 Å². The van der Waals surface area contributed by atoms with Crippen molar-refractivity contribution in [2.75, 3.05) is 0 Å². The van der Waals surface area contributed by atoms with E-state index in [4.69, 9.17) is 11.6 Å². The van der Waals surface area contributed by atoms with Crippen LogP contribution >= 0.6 is 11.6 Å². The number of hydrogen-bond donors (Lipinski definition) is 0. The Morgan fingerprint density at radius 2 is 1.94 bits per heavy atom. The van der Waals surface area contributed by atoms with Gasteiger partial charge in [0, 0.05) is 0 Å². The molecule has 1 fully saturated rings. The van der Waals surface area contributed by atoms with Gasteiger partial charge in [0.1, 0.15) is 5.82 Å². The van der Waals surface area contributed by atoms with Gasteiger partial charge < -0.3 is 0 Å². The third-order valence-corrected chi connectivity index (χ3v) is 4.41. The first-order valence-corrected chi connectivity index (χ1v) is 6.97. The van der Waals surface area contributed by atoms with Crippen molar-refractivity contribution in [2.45, 2.75) is 45.4 Å². The van der Waals surface area contributed by atoms with Crippen molar-refractivity contribution < 1.29 is 4.39 Å². The van der Waals surface area contributed by atoms with Gasteiger partial charge in [-0.05, 0) is 36.3 Å². The van der Waals surface area contributed by atoms with Crippen LogP contribution in [0, 0.1) is 17.7 Å². The molecule has 17 heavy (non-hydrogen) atoms. The maximum Gasteiger partial charge on any atom is 0.142 e. The second-order valence-electron chi connectivity index (χ2n) is 5.38. The van der Waals surface area contributed by atoms with Crippen molar-refractivity contribution in [3.05, 3.63) is 34.6 Å². The molecule has 0 atom stereocenters. The van der Waals surface area contributed by atoms with Gasteiger partial charge in [-0.2, -0.15) is 0 Å². The van der Waals surface area contributed by atoms with Crippen LogP contribution in [0.5, 0.6) is 0 Å².